The van der Waals surface area contributed by atoms with Crippen LogP contribution in [0.15, 0.2) is 30.4 Å². The van der Waals surface area contributed by atoms with Crippen molar-refractivity contribution < 1.29 is 18.7 Å². The van der Waals surface area contributed by atoms with Gasteiger partial charge in [0.2, 0.25) is 5.91 Å². The van der Waals surface area contributed by atoms with Crippen LogP contribution < -0.4 is 10.1 Å². The summed E-state index contributed by atoms with van der Waals surface area (Å²) in [6, 6.07) is 4.15. The van der Waals surface area contributed by atoms with Crippen LogP contribution in [-0.4, -0.2) is 24.8 Å². The molecule has 0 aromatic heterocycles. The second-order valence-corrected chi connectivity index (χ2v) is 4.68. The van der Waals surface area contributed by atoms with Crippen LogP contribution >= 0.6 is 0 Å². The van der Waals surface area contributed by atoms with E-state index in [1.54, 1.807) is 0 Å². The highest BCUT2D eigenvalue weighted by Gasteiger charge is 2.18. The number of carbonyl (C=O) groups excluding carboxylic acids is 2. The summed E-state index contributed by atoms with van der Waals surface area (Å²) >= 11 is 0. The fourth-order valence-electron chi connectivity index (χ4n) is 1.87. The highest BCUT2D eigenvalue weighted by molar-refractivity contribution is 6.07. The third-order valence-electron chi connectivity index (χ3n) is 3.27. The lowest BCUT2D eigenvalue weighted by atomic mass is 9.93. The van der Waals surface area contributed by atoms with E-state index in [-0.39, 0.29) is 23.3 Å². The van der Waals surface area contributed by atoms with Gasteiger partial charge in [0.05, 0.1) is 7.11 Å². The number of hydrogen-bond donors (Lipinski definition) is 1. The number of halogens is 1. The van der Waals surface area contributed by atoms with Gasteiger partial charge in [-0.3, -0.25) is 9.59 Å². The van der Waals surface area contributed by atoms with Crippen LogP contribution in [0.4, 0.5) is 4.39 Å². The van der Waals surface area contributed by atoms with E-state index in [0.717, 1.165) is 31.4 Å². The lowest BCUT2D eigenvalue weighted by molar-refractivity contribution is -0.117. The summed E-state index contributed by atoms with van der Waals surface area (Å²) < 4.78 is 18.2. The van der Waals surface area contributed by atoms with E-state index in [0.29, 0.717) is 0 Å². The molecule has 1 amide bonds. The number of benzene rings is 1. The first-order chi connectivity index (χ1) is 9.60. The van der Waals surface area contributed by atoms with Crippen LogP contribution in [0.3, 0.4) is 0 Å². The van der Waals surface area contributed by atoms with E-state index in [1.165, 1.54) is 25.3 Å². The number of methoxy groups -OCH3 is 1. The standard InChI is InChI=1S/C15H16FNO3/c1-20-14-7-5-10(9-12(14)16)13(18)6-8-15(19)17-11-3-2-4-11/h5-9,11H,2-4H2,1H3,(H,17,19)/b8-6+. The normalized spacial score (nSPS) is 14.9. The summed E-state index contributed by atoms with van der Waals surface area (Å²) in [5.41, 5.74) is 0.177. The third-order valence-corrected chi connectivity index (χ3v) is 3.27. The fourth-order valence-corrected chi connectivity index (χ4v) is 1.87. The Labute approximate surface area is 116 Å². The molecule has 0 radical (unpaired) electrons. The maximum absolute atomic E-state index is 13.5. The minimum atomic E-state index is -0.606. The largest absolute Gasteiger partial charge is 0.494 e. The van der Waals surface area contributed by atoms with E-state index < -0.39 is 11.6 Å². The molecule has 0 heterocycles. The molecule has 0 spiro atoms. The molecule has 0 saturated heterocycles. The van der Waals surface area contributed by atoms with E-state index in [1.807, 2.05) is 0 Å². The predicted molar refractivity (Wildman–Crippen MR) is 72.2 cm³/mol. The van der Waals surface area contributed by atoms with E-state index in [9.17, 15) is 14.0 Å². The molecule has 2 rings (SSSR count). The highest BCUT2D eigenvalue weighted by atomic mass is 19.1. The van der Waals surface area contributed by atoms with Crippen LogP contribution in [0.5, 0.6) is 5.75 Å². The Hall–Kier alpha value is -2.17. The first kappa shape index (κ1) is 14.2. The number of allylic oxidation sites excluding steroid dienone is 1. The van der Waals surface area contributed by atoms with Crippen molar-refractivity contribution in [2.75, 3.05) is 7.11 Å². The van der Waals surface area contributed by atoms with Gasteiger partial charge in [0, 0.05) is 17.7 Å². The van der Waals surface area contributed by atoms with Gasteiger partial charge < -0.3 is 10.1 Å². The Bertz CT molecular complexity index is 550. The molecule has 1 aliphatic carbocycles. The van der Waals surface area contributed by atoms with E-state index in [4.69, 9.17) is 4.74 Å². The van der Waals surface area contributed by atoms with Crippen molar-refractivity contribution in [2.45, 2.75) is 25.3 Å². The maximum Gasteiger partial charge on any atom is 0.244 e. The molecule has 0 unspecified atom stereocenters. The number of hydrogen-bond acceptors (Lipinski definition) is 3. The number of amides is 1. The van der Waals surface area contributed by atoms with Gasteiger partial charge in [0.1, 0.15) is 0 Å². The Kier molecular flexibility index (Phi) is 4.50. The van der Waals surface area contributed by atoms with Gasteiger partial charge >= 0.3 is 0 Å². The lowest BCUT2D eigenvalue weighted by Crippen LogP contribution is -2.38. The summed E-state index contributed by atoms with van der Waals surface area (Å²) in [4.78, 5) is 23.3. The zero-order valence-electron chi connectivity index (χ0n) is 11.2. The van der Waals surface area contributed by atoms with Gasteiger partial charge in [-0.1, -0.05) is 0 Å². The second-order valence-electron chi connectivity index (χ2n) is 4.68. The first-order valence-electron chi connectivity index (χ1n) is 6.46. The van der Waals surface area contributed by atoms with Crippen LogP contribution in [0.1, 0.15) is 29.6 Å². The van der Waals surface area contributed by atoms with Gasteiger partial charge in [-0.25, -0.2) is 4.39 Å². The summed E-state index contributed by atoms with van der Waals surface area (Å²) in [6.07, 6.45) is 5.42. The molecule has 1 N–H and O–H groups in total. The molecule has 0 atom stereocenters. The van der Waals surface area contributed by atoms with Crippen molar-refractivity contribution in [3.05, 3.63) is 41.7 Å². The van der Waals surface area contributed by atoms with Crippen LogP contribution in [-0.2, 0) is 4.79 Å². The Balaban J connectivity index is 1.96. The number of rotatable bonds is 5. The van der Waals surface area contributed by atoms with Crippen LogP contribution in [0.2, 0.25) is 0 Å². The first-order valence-corrected chi connectivity index (χ1v) is 6.46. The van der Waals surface area contributed by atoms with Crippen molar-refractivity contribution in [1.82, 2.24) is 5.32 Å². The smallest absolute Gasteiger partial charge is 0.244 e. The molecule has 1 aliphatic rings. The number of carbonyl (C=O) groups is 2. The van der Waals surface area contributed by atoms with Gasteiger partial charge in [-0.2, -0.15) is 0 Å². The van der Waals surface area contributed by atoms with Gasteiger partial charge in [-0.05, 0) is 43.5 Å². The summed E-state index contributed by atoms with van der Waals surface area (Å²) in [7, 11) is 1.35. The monoisotopic (exact) mass is 277 g/mol. The summed E-state index contributed by atoms with van der Waals surface area (Å²) in [6.45, 7) is 0. The third kappa shape index (κ3) is 3.44. The van der Waals surface area contributed by atoms with E-state index >= 15 is 0 Å². The highest BCUT2D eigenvalue weighted by Crippen LogP contribution is 2.19. The van der Waals surface area contributed by atoms with Crippen molar-refractivity contribution in [3.63, 3.8) is 0 Å². The topological polar surface area (TPSA) is 55.4 Å². The Morgan fingerprint density at radius 2 is 2.10 bits per heavy atom. The Morgan fingerprint density at radius 3 is 2.65 bits per heavy atom. The van der Waals surface area contributed by atoms with Crippen molar-refractivity contribution in [3.8, 4) is 5.75 Å². The maximum atomic E-state index is 13.5. The fraction of sp³-hybridized carbons (Fsp3) is 0.333. The van der Waals surface area contributed by atoms with Crippen molar-refractivity contribution >= 4 is 11.7 Å². The van der Waals surface area contributed by atoms with Crippen molar-refractivity contribution in [1.29, 1.82) is 0 Å². The minimum absolute atomic E-state index is 0.0771. The molecule has 1 fully saturated rings. The average molecular weight is 277 g/mol. The average Bonchev–Trinajstić information content (AvgIpc) is 2.40. The molecular formula is C15H16FNO3. The number of ketones is 1. The molecule has 1 aromatic rings. The van der Waals surface area contributed by atoms with Crippen molar-refractivity contribution in [2.24, 2.45) is 0 Å². The molecule has 4 nitrogen and oxygen atoms in total. The number of nitrogens with one attached hydrogen (secondary N) is 1. The zero-order chi connectivity index (χ0) is 14.5. The zero-order valence-corrected chi connectivity index (χ0v) is 11.2. The molecule has 1 aromatic carbocycles. The number of ether oxygens (including phenoxy) is 1. The van der Waals surface area contributed by atoms with Gasteiger partial charge in [0.15, 0.2) is 17.3 Å². The van der Waals surface area contributed by atoms with Crippen LogP contribution in [0, 0.1) is 5.82 Å². The molecule has 0 bridgehead atoms. The van der Waals surface area contributed by atoms with Gasteiger partial charge in [0.25, 0.3) is 0 Å². The summed E-state index contributed by atoms with van der Waals surface area (Å²) in [5, 5.41) is 2.78. The minimum Gasteiger partial charge on any atom is -0.494 e. The molecule has 0 aliphatic heterocycles. The molecule has 1 saturated carbocycles. The predicted octanol–water partition coefficient (Wildman–Crippen LogP) is 2.24. The van der Waals surface area contributed by atoms with E-state index in [2.05, 4.69) is 5.32 Å². The molecular weight excluding hydrogens is 261 g/mol. The molecule has 5 heteroatoms. The molecule has 20 heavy (non-hydrogen) atoms. The second kappa shape index (κ2) is 6.32. The SMILES string of the molecule is COc1ccc(C(=O)/C=C/C(=O)NC2CCC2)cc1F. The summed E-state index contributed by atoms with van der Waals surface area (Å²) in [5.74, 6) is -1.24. The lowest BCUT2D eigenvalue weighted by Gasteiger charge is -2.25. The quantitative estimate of drug-likeness (QED) is 0.663. The molecule has 106 valence electrons. The van der Waals surface area contributed by atoms with Gasteiger partial charge in [-0.15, -0.1) is 0 Å². The Morgan fingerprint density at radius 1 is 1.35 bits per heavy atom. The van der Waals surface area contributed by atoms with Crippen LogP contribution in [0.25, 0.3) is 0 Å².